The first-order valence-electron chi connectivity index (χ1n) is 11.2. The van der Waals surface area contributed by atoms with Crippen LogP contribution in [0.5, 0.6) is 0 Å². The Morgan fingerprint density at radius 3 is 2.61 bits per heavy atom. The number of carbonyl (C=O) groups is 1. The number of sulfonamides is 1. The molecule has 0 radical (unpaired) electrons. The average Bonchev–Trinajstić information content (AvgIpc) is 3.09. The van der Waals surface area contributed by atoms with Gasteiger partial charge in [-0.3, -0.25) is 9.10 Å². The third-order valence-corrected chi connectivity index (χ3v) is 8.16. The Kier molecular flexibility index (Phi) is 6.68. The van der Waals surface area contributed by atoms with Crippen molar-refractivity contribution >= 4 is 44.3 Å². The molecule has 1 saturated heterocycles. The van der Waals surface area contributed by atoms with E-state index in [0.717, 1.165) is 23.3 Å². The van der Waals surface area contributed by atoms with Crippen molar-refractivity contribution in [3.05, 3.63) is 58.9 Å². The van der Waals surface area contributed by atoms with Crippen LogP contribution in [0.15, 0.2) is 42.5 Å². The van der Waals surface area contributed by atoms with Crippen LogP contribution in [0.4, 0.5) is 5.69 Å². The molecule has 2 heterocycles. The van der Waals surface area contributed by atoms with Crippen LogP contribution in [0.25, 0.3) is 11.0 Å². The maximum Gasteiger partial charge on any atom is 0.253 e. The second-order valence-electron chi connectivity index (χ2n) is 8.93. The molecule has 1 aliphatic heterocycles. The molecule has 9 heteroatoms. The van der Waals surface area contributed by atoms with Gasteiger partial charge in [0.05, 0.1) is 39.1 Å². The number of aryl methyl sites for hydroxylation is 1. The summed E-state index contributed by atoms with van der Waals surface area (Å²) >= 11 is 6.46. The summed E-state index contributed by atoms with van der Waals surface area (Å²) in [5.74, 6) is 0.926. The number of rotatable bonds is 6. The summed E-state index contributed by atoms with van der Waals surface area (Å²) in [4.78, 5) is 18.0. The zero-order valence-corrected chi connectivity index (χ0v) is 20.7. The van der Waals surface area contributed by atoms with Gasteiger partial charge in [0.25, 0.3) is 5.91 Å². The molecule has 0 unspecified atom stereocenters. The normalized spacial score (nSPS) is 16.8. The fourth-order valence-electron chi connectivity index (χ4n) is 4.33. The van der Waals surface area contributed by atoms with Crippen LogP contribution in [0, 0.1) is 5.92 Å². The number of benzene rings is 2. The molecule has 33 heavy (non-hydrogen) atoms. The number of nitrogens with one attached hydrogen (secondary N) is 1. The van der Waals surface area contributed by atoms with E-state index >= 15 is 0 Å². The lowest BCUT2D eigenvalue weighted by Crippen LogP contribution is -2.38. The van der Waals surface area contributed by atoms with Crippen molar-refractivity contribution in [2.75, 3.05) is 16.6 Å². The number of para-hydroxylation sites is 2. The highest BCUT2D eigenvalue weighted by Crippen LogP contribution is 2.30. The van der Waals surface area contributed by atoms with Crippen LogP contribution in [-0.4, -0.2) is 36.2 Å². The third kappa shape index (κ3) is 4.87. The second-order valence-corrected chi connectivity index (χ2v) is 11.4. The molecule has 2 aromatic carbocycles. The zero-order chi connectivity index (χ0) is 23.8. The first-order chi connectivity index (χ1) is 15.7. The smallest absolute Gasteiger partial charge is 0.253 e. The van der Waals surface area contributed by atoms with Gasteiger partial charge in [0.2, 0.25) is 10.0 Å². The van der Waals surface area contributed by atoms with Gasteiger partial charge in [-0.25, -0.2) is 13.4 Å². The summed E-state index contributed by atoms with van der Waals surface area (Å²) in [7, 11) is -1.40. The van der Waals surface area contributed by atoms with Crippen LogP contribution in [0.1, 0.15) is 55.3 Å². The lowest BCUT2D eigenvalue weighted by Gasteiger charge is -2.28. The maximum absolute atomic E-state index is 13.2. The molecule has 7 nitrogen and oxygen atoms in total. The number of halogens is 1. The van der Waals surface area contributed by atoms with Crippen molar-refractivity contribution in [1.82, 2.24) is 14.9 Å². The van der Waals surface area contributed by atoms with Gasteiger partial charge in [-0.2, -0.15) is 0 Å². The molecule has 1 N–H and O–H groups in total. The van der Waals surface area contributed by atoms with E-state index < -0.39 is 10.0 Å². The number of nitrogens with zero attached hydrogens (tertiary/aromatic N) is 3. The molecule has 1 aromatic heterocycles. The minimum Gasteiger partial charge on any atom is -0.342 e. The molecular weight excluding hydrogens is 460 g/mol. The first-order valence-corrected chi connectivity index (χ1v) is 13.2. The number of hydrogen-bond donors (Lipinski definition) is 1. The van der Waals surface area contributed by atoms with E-state index in [9.17, 15) is 13.2 Å². The van der Waals surface area contributed by atoms with E-state index in [1.165, 1.54) is 4.31 Å². The number of anilines is 1. The Morgan fingerprint density at radius 2 is 1.94 bits per heavy atom. The van der Waals surface area contributed by atoms with E-state index in [4.69, 9.17) is 16.6 Å². The number of aromatic nitrogens is 2. The van der Waals surface area contributed by atoms with Crippen LogP contribution < -0.4 is 9.62 Å². The molecule has 0 aliphatic carbocycles. The quantitative estimate of drug-likeness (QED) is 0.546. The van der Waals surface area contributed by atoms with Crippen molar-refractivity contribution in [3.8, 4) is 0 Å². The van der Waals surface area contributed by atoms with Crippen LogP contribution >= 0.6 is 11.6 Å². The molecule has 0 spiro atoms. The Morgan fingerprint density at radius 1 is 1.18 bits per heavy atom. The van der Waals surface area contributed by atoms with Gasteiger partial charge in [-0.05, 0) is 55.5 Å². The third-order valence-electron chi connectivity index (χ3n) is 5.98. The highest BCUT2D eigenvalue weighted by molar-refractivity contribution is 7.92. The van der Waals surface area contributed by atoms with E-state index in [1.54, 1.807) is 18.2 Å². The van der Waals surface area contributed by atoms with Crippen molar-refractivity contribution < 1.29 is 13.2 Å². The maximum atomic E-state index is 13.2. The molecular formula is C24H29ClN4O3S. The van der Waals surface area contributed by atoms with Gasteiger partial charge in [-0.1, -0.05) is 37.6 Å². The summed E-state index contributed by atoms with van der Waals surface area (Å²) in [6.45, 7) is 4.62. The molecule has 1 amide bonds. The van der Waals surface area contributed by atoms with Crippen LogP contribution in [0.2, 0.25) is 5.02 Å². The molecule has 0 saturated carbocycles. The fraction of sp³-hybridized carbons (Fsp3) is 0.417. The Bertz CT molecular complexity index is 1290. The number of imidazole rings is 1. The van der Waals surface area contributed by atoms with E-state index in [1.807, 2.05) is 35.9 Å². The highest BCUT2D eigenvalue weighted by Gasteiger charge is 2.28. The topological polar surface area (TPSA) is 84.3 Å². The lowest BCUT2D eigenvalue weighted by atomic mass is 10.0. The summed E-state index contributed by atoms with van der Waals surface area (Å²) < 4.78 is 28.2. The standard InChI is InChI=1S/C24H29ClN4O3S/c1-16(2)14-21(23-26-20-8-4-5-9-22(20)28(23)3)27-24(30)18-11-10-17(15-19(18)25)29-12-6-7-13-33(29,31)32/h4-5,8-11,15-16,21H,6-7,12-14H2,1-3H3,(H,27,30)/t21-/m0/s1. The van der Waals surface area contributed by atoms with Gasteiger partial charge in [0.1, 0.15) is 5.82 Å². The molecule has 4 rings (SSSR count). The number of amides is 1. The Labute approximate surface area is 199 Å². The van der Waals surface area contributed by atoms with Crippen LogP contribution in [0.3, 0.4) is 0 Å². The Hall–Kier alpha value is -2.58. The summed E-state index contributed by atoms with van der Waals surface area (Å²) in [6, 6.07) is 12.4. The van der Waals surface area contributed by atoms with Crippen molar-refractivity contribution in [1.29, 1.82) is 0 Å². The monoisotopic (exact) mass is 488 g/mol. The fourth-order valence-corrected chi connectivity index (χ4v) is 6.23. The lowest BCUT2D eigenvalue weighted by molar-refractivity contribution is 0.0929. The molecule has 1 atom stereocenters. The largest absolute Gasteiger partial charge is 0.342 e. The summed E-state index contributed by atoms with van der Waals surface area (Å²) in [5, 5.41) is 3.32. The predicted molar refractivity (Wildman–Crippen MR) is 132 cm³/mol. The minimum absolute atomic E-state index is 0.127. The first kappa shape index (κ1) is 23.6. The van der Waals surface area contributed by atoms with Crippen molar-refractivity contribution in [2.24, 2.45) is 13.0 Å². The van der Waals surface area contributed by atoms with E-state index in [0.29, 0.717) is 36.6 Å². The molecule has 0 bridgehead atoms. The highest BCUT2D eigenvalue weighted by atomic mass is 35.5. The number of hydrogen-bond acceptors (Lipinski definition) is 4. The zero-order valence-electron chi connectivity index (χ0n) is 19.1. The number of fused-ring (bicyclic) bond motifs is 1. The average molecular weight is 489 g/mol. The summed E-state index contributed by atoms with van der Waals surface area (Å²) in [5.41, 5.74) is 2.68. The molecule has 1 aliphatic rings. The van der Waals surface area contributed by atoms with Gasteiger partial charge in [-0.15, -0.1) is 0 Å². The minimum atomic E-state index is -3.35. The van der Waals surface area contributed by atoms with Crippen molar-refractivity contribution in [2.45, 2.75) is 39.2 Å². The van der Waals surface area contributed by atoms with Gasteiger partial charge in [0.15, 0.2) is 0 Å². The predicted octanol–water partition coefficient (Wildman–Crippen LogP) is 4.67. The summed E-state index contributed by atoms with van der Waals surface area (Å²) in [6.07, 6.45) is 2.17. The number of carbonyl (C=O) groups excluding carboxylic acids is 1. The van der Waals surface area contributed by atoms with Gasteiger partial charge in [0, 0.05) is 13.6 Å². The van der Waals surface area contributed by atoms with Crippen LogP contribution in [-0.2, 0) is 17.1 Å². The molecule has 3 aromatic rings. The second kappa shape index (κ2) is 9.35. The SMILES string of the molecule is CC(C)C[C@H](NC(=O)c1ccc(N2CCCCS2(=O)=O)cc1Cl)c1nc2ccccc2n1C. The van der Waals surface area contributed by atoms with E-state index in [2.05, 4.69) is 19.2 Å². The van der Waals surface area contributed by atoms with E-state index in [-0.39, 0.29) is 22.7 Å². The molecule has 176 valence electrons. The van der Waals surface area contributed by atoms with Crippen molar-refractivity contribution in [3.63, 3.8) is 0 Å². The van der Waals surface area contributed by atoms with Gasteiger partial charge < -0.3 is 9.88 Å². The van der Waals surface area contributed by atoms with Gasteiger partial charge >= 0.3 is 0 Å². The Balaban J connectivity index is 1.61. The molecule has 1 fully saturated rings.